The van der Waals surface area contributed by atoms with E-state index in [0.717, 1.165) is 11.0 Å². The van der Waals surface area contributed by atoms with Gasteiger partial charge in [0.05, 0.1) is 32.0 Å². The first-order valence-corrected chi connectivity index (χ1v) is 13.4. The van der Waals surface area contributed by atoms with Crippen LogP contribution in [0.5, 0.6) is 0 Å². The van der Waals surface area contributed by atoms with Crippen LogP contribution >= 0.6 is 0 Å². The molecule has 0 unspecified atom stereocenters. The fourth-order valence-corrected chi connectivity index (χ4v) is 4.24. The summed E-state index contributed by atoms with van der Waals surface area (Å²) in [6.45, 7) is 4.75. The molecule has 0 saturated heterocycles. The quantitative estimate of drug-likeness (QED) is 0.185. The van der Waals surface area contributed by atoms with Gasteiger partial charge in [0, 0.05) is 5.56 Å². The van der Waals surface area contributed by atoms with Gasteiger partial charge in [-0.2, -0.15) is 0 Å². The average Bonchev–Trinajstić information content (AvgIpc) is 2.74. The molecule has 0 radical (unpaired) electrons. The highest BCUT2D eigenvalue weighted by Gasteiger charge is 2.14. The van der Waals surface area contributed by atoms with E-state index in [9.17, 15) is 0 Å². The predicted molar refractivity (Wildman–Crippen MR) is 127 cm³/mol. The van der Waals surface area contributed by atoms with Gasteiger partial charge in [-0.3, -0.25) is 0 Å². The number of unbranched alkanes of at least 4 members (excludes halogenated alkanes) is 15. The second-order valence-corrected chi connectivity index (χ2v) is 9.80. The average molecular weight is 456 g/mol. The van der Waals surface area contributed by atoms with Gasteiger partial charge < -0.3 is 13.8 Å². The van der Waals surface area contributed by atoms with Crippen LogP contribution in [0.1, 0.15) is 115 Å². The largest absolute Gasteiger partial charge is 0.544 e. The van der Waals surface area contributed by atoms with Crippen LogP contribution < -0.4 is 9.32 Å². The maximum Gasteiger partial charge on any atom is 0.104 e. The molecule has 1 rings (SSSR count). The van der Waals surface area contributed by atoms with Crippen LogP contribution in [0.2, 0.25) is 0 Å². The van der Waals surface area contributed by atoms with E-state index in [-0.39, 0.29) is 0 Å². The van der Waals surface area contributed by atoms with Crippen LogP contribution in [-0.2, 0) is 6.54 Å². The Labute approximate surface area is 197 Å². The van der Waals surface area contributed by atoms with Crippen LogP contribution in [0.3, 0.4) is 0 Å². The summed E-state index contributed by atoms with van der Waals surface area (Å²) in [6, 6.07) is 10.9. The van der Waals surface area contributed by atoms with Gasteiger partial charge in [0.1, 0.15) is 6.54 Å². The van der Waals surface area contributed by atoms with Crippen molar-refractivity contribution in [1.29, 1.82) is 0 Å². The topological polar surface area (TPSA) is 46.1 Å². The molecular formula is C27H50ClNO2. The highest BCUT2D eigenvalue weighted by atomic mass is 35.6. The molecular weight excluding hydrogens is 406 g/mol. The number of halogens is 1. The molecule has 3 nitrogen and oxygen atoms in total. The van der Waals surface area contributed by atoms with Crippen molar-refractivity contribution in [1.82, 2.24) is 0 Å². The molecule has 0 aliphatic rings. The van der Waals surface area contributed by atoms with E-state index < -0.39 is 11.3 Å². The lowest BCUT2D eigenvalue weighted by atomic mass is 10.0. The maximum absolute atomic E-state index is 8.24. The number of nitrogens with zero attached hydrogens (tertiary/aromatic N) is 1. The molecule has 0 atom stereocenters. The number of hydrogen-bond acceptors (Lipinski definition) is 2. The van der Waals surface area contributed by atoms with Gasteiger partial charge in [-0.1, -0.05) is 127 Å². The van der Waals surface area contributed by atoms with Crippen LogP contribution in [0.4, 0.5) is 0 Å². The monoisotopic (exact) mass is 455 g/mol. The van der Waals surface area contributed by atoms with Crippen LogP contribution in [0.15, 0.2) is 30.3 Å². The van der Waals surface area contributed by atoms with E-state index in [1.807, 2.05) is 0 Å². The van der Waals surface area contributed by atoms with Crippen molar-refractivity contribution in [3.8, 4) is 0 Å². The summed E-state index contributed by atoms with van der Waals surface area (Å²) in [5, 5.41) is 0. The minimum atomic E-state index is -0.417. The first-order chi connectivity index (χ1) is 15.1. The lowest BCUT2D eigenvalue weighted by molar-refractivity contribution is -1.41. The van der Waals surface area contributed by atoms with Gasteiger partial charge in [-0.15, -0.1) is 0 Å². The zero-order chi connectivity index (χ0) is 23.0. The minimum Gasteiger partial charge on any atom is -0.544 e. The molecule has 0 spiro atoms. The Morgan fingerprint density at radius 1 is 0.613 bits per heavy atom. The van der Waals surface area contributed by atoms with Crippen molar-refractivity contribution in [2.24, 2.45) is 0 Å². The fourth-order valence-electron chi connectivity index (χ4n) is 4.24. The van der Waals surface area contributed by atoms with Crippen LogP contribution in [0, 0.1) is 11.3 Å². The summed E-state index contributed by atoms with van der Waals surface area (Å²) in [5.41, 5.74) is 1.46. The summed E-state index contributed by atoms with van der Waals surface area (Å²) >= 11 is -0.417. The molecule has 0 aliphatic heterocycles. The molecule has 182 valence electrons. The molecule has 31 heavy (non-hydrogen) atoms. The highest BCUT2D eigenvalue weighted by molar-refractivity contribution is 5.13. The zero-order valence-corrected chi connectivity index (χ0v) is 21.5. The first kappa shape index (κ1) is 30.4. The second-order valence-electron chi connectivity index (χ2n) is 9.67. The summed E-state index contributed by atoms with van der Waals surface area (Å²) in [5.74, 6) is 0. The number of quaternary nitrogens is 1. The zero-order valence-electron chi connectivity index (χ0n) is 20.8. The molecule has 0 N–H and O–H groups in total. The molecule has 0 amide bonds. The van der Waals surface area contributed by atoms with Crippen molar-refractivity contribution in [3.63, 3.8) is 0 Å². The van der Waals surface area contributed by atoms with Crippen LogP contribution in [0.25, 0.3) is 0 Å². The van der Waals surface area contributed by atoms with Crippen molar-refractivity contribution >= 4 is 0 Å². The van der Waals surface area contributed by atoms with Gasteiger partial charge in [-0.05, 0) is 12.8 Å². The Hall–Kier alpha value is -0.610. The van der Waals surface area contributed by atoms with Gasteiger partial charge >= 0.3 is 0 Å². The van der Waals surface area contributed by atoms with Crippen molar-refractivity contribution < 1.29 is 25.1 Å². The molecule has 0 heterocycles. The molecule has 1 aromatic carbocycles. The van der Waals surface area contributed by atoms with E-state index in [1.165, 1.54) is 115 Å². The molecule has 0 bridgehead atoms. The first-order valence-electron chi connectivity index (χ1n) is 12.8. The minimum absolute atomic E-state index is 0.417. The summed E-state index contributed by atoms with van der Waals surface area (Å²) in [4.78, 5) is 0. The van der Waals surface area contributed by atoms with E-state index in [0.29, 0.717) is 0 Å². The third kappa shape index (κ3) is 22.4. The molecule has 0 saturated carbocycles. The predicted octanol–water partition coefficient (Wildman–Crippen LogP) is 6.15. The van der Waals surface area contributed by atoms with E-state index in [4.69, 9.17) is 9.32 Å². The molecule has 1 aromatic rings. The van der Waals surface area contributed by atoms with Crippen molar-refractivity contribution in [2.75, 3.05) is 20.6 Å². The third-order valence-corrected chi connectivity index (χ3v) is 6.07. The van der Waals surface area contributed by atoms with Gasteiger partial charge in [-0.25, -0.2) is 0 Å². The lowest BCUT2D eigenvalue weighted by Crippen LogP contribution is -2.39. The Balaban J connectivity index is 0.00000282. The number of rotatable bonds is 19. The molecule has 0 fully saturated rings. The smallest absolute Gasteiger partial charge is 0.104 e. The Bertz CT molecular complexity index is 468. The molecule has 0 aliphatic carbocycles. The van der Waals surface area contributed by atoms with E-state index in [1.54, 1.807) is 0 Å². The molecule has 0 aromatic heterocycles. The maximum atomic E-state index is 8.24. The van der Waals surface area contributed by atoms with Crippen molar-refractivity contribution in [2.45, 2.75) is 116 Å². The Kier molecular flexibility index (Phi) is 22.1. The summed E-state index contributed by atoms with van der Waals surface area (Å²) in [7, 11) is 4.75. The van der Waals surface area contributed by atoms with Crippen molar-refractivity contribution in [3.05, 3.63) is 35.9 Å². The standard InChI is InChI=1S/C27H50N.ClO2/c1-4-5-6-7-8-9-10-11-12-13-14-15-16-17-18-22-25-28(2,3)26-27-23-20-19-21-24-27;2-1-3/h19-21,23-24H,4-18,22,25-26H2,1-3H3;/q+1;-1. The van der Waals surface area contributed by atoms with Gasteiger partial charge in [0.25, 0.3) is 0 Å². The SMILES string of the molecule is CCCCCCCCCCCCCCCCCC[N+](C)(C)Cc1ccccc1.[O-][Cl+][O-]. The number of hydrogen-bond donors (Lipinski definition) is 0. The fraction of sp³-hybridized carbons (Fsp3) is 0.778. The normalized spacial score (nSPS) is 11.3. The van der Waals surface area contributed by atoms with E-state index >= 15 is 0 Å². The lowest BCUT2D eigenvalue weighted by Gasteiger charge is -2.30. The molecule has 4 heteroatoms. The van der Waals surface area contributed by atoms with Gasteiger partial charge in [0.15, 0.2) is 0 Å². The number of benzene rings is 1. The highest BCUT2D eigenvalue weighted by Crippen LogP contribution is 2.15. The van der Waals surface area contributed by atoms with E-state index in [2.05, 4.69) is 51.4 Å². The summed E-state index contributed by atoms with van der Waals surface area (Å²) < 4.78 is 17.6. The van der Waals surface area contributed by atoms with Crippen LogP contribution in [-0.4, -0.2) is 25.1 Å². The Morgan fingerprint density at radius 3 is 1.35 bits per heavy atom. The Morgan fingerprint density at radius 2 is 0.968 bits per heavy atom. The summed E-state index contributed by atoms with van der Waals surface area (Å²) in [6.07, 6.45) is 23.2. The third-order valence-electron chi connectivity index (χ3n) is 6.07. The second kappa shape index (κ2) is 22.6. The van der Waals surface area contributed by atoms with Gasteiger partial charge in [0.2, 0.25) is 0 Å².